The van der Waals surface area contributed by atoms with Crippen molar-refractivity contribution in [2.45, 2.75) is 0 Å². The number of rotatable bonds is 2. The third-order valence-electron chi connectivity index (χ3n) is 1.52. The summed E-state index contributed by atoms with van der Waals surface area (Å²) in [6, 6.07) is 6.60. The maximum Gasteiger partial charge on any atom is 0.176 e. The zero-order valence-corrected chi connectivity index (χ0v) is 8.46. The molecular weight excluding hydrogens is 223 g/mol. The van der Waals surface area contributed by atoms with Crippen LogP contribution in [-0.2, 0) is 0 Å². The fourth-order valence-electron chi connectivity index (χ4n) is 0.922. The normalized spacial score (nSPS) is 10.1. The molecule has 0 aliphatic heterocycles. The topological polar surface area (TPSA) is 27.1 Å². The minimum Gasteiger partial charge on any atom is -0.356 e. The van der Waals surface area contributed by atoms with Gasteiger partial charge in [0.05, 0.1) is 11.2 Å². The maximum atomic E-state index is 5.89. The molecule has 14 heavy (non-hydrogen) atoms. The molecule has 0 bridgehead atoms. The summed E-state index contributed by atoms with van der Waals surface area (Å²) >= 11 is 11.6. The van der Waals surface area contributed by atoms with Crippen LogP contribution in [0.3, 0.4) is 0 Å². The van der Waals surface area contributed by atoms with Crippen LogP contribution < -0.4 is 4.84 Å². The minimum atomic E-state index is 0.438. The average Bonchev–Trinajstić information content (AvgIpc) is 2.62. The van der Waals surface area contributed by atoms with Crippen LogP contribution in [0.2, 0.25) is 10.0 Å². The van der Waals surface area contributed by atoms with Gasteiger partial charge in [-0.2, -0.15) is 0 Å². The van der Waals surface area contributed by atoms with E-state index < -0.39 is 0 Å². The fourth-order valence-corrected chi connectivity index (χ4v) is 1.36. The molecule has 0 aliphatic carbocycles. The number of halogens is 2. The van der Waals surface area contributed by atoms with Gasteiger partial charge >= 0.3 is 0 Å². The quantitative estimate of drug-likeness (QED) is 0.790. The highest BCUT2D eigenvalue weighted by atomic mass is 35.5. The van der Waals surface area contributed by atoms with Crippen LogP contribution in [0.5, 0.6) is 5.75 Å². The lowest BCUT2D eigenvalue weighted by molar-refractivity contribution is 0.178. The molecule has 3 nitrogen and oxygen atoms in total. The summed E-state index contributed by atoms with van der Waals surface area (Å²) in [5.74, 6) is 0.494. The Hall–Kier alpha value is -1.19. The highest BCUT2D eigenvalue weighted by Crippen LogP contribution is 2.27. The number of aromatic nitrogens is 2. The Morgan fingerprint density at radius 2 is 2.21 bits per heavy atom. The Balaban J connectivity index is 2.25. The predicted octanol–water partition coefficient (Wildman–Crippen LogP) is 2.83. The van der Waals surface area contributed by atoms with Crippen molar-refractivity contribution < 1.29 is 4.84 Å². The molecule has 0 fully saturated rings. The van der Waals surface area contributed by atoms with Gasteiger partial charge in [0.25, 0.3) is 0 Å². The number of hydrogen-bond acceptors (Lipinski definition) is 2. The Morgan fingerprint density at radius 3 is 2.86 bits per heavy atom. The van der Waals surface area contributed by atoms with Crippen LogP contribution in [-0.4, -0.2) is 9.94 Å². The van der Waals surface area contributed by atoms with Crippen LogP contribution in [0, 0.1) is 6.20 Å². The molecule has 0 saturated heterocycles. The highest BCUT2D eigenvalue weighted by Gasteiger charge is 2.03. The Labute approximate surface area is 90.8 Å². The largest absolute Gasteiger partial charge is 0.356 e. The molecule has 5 heteroatoms. The van der Waals surface area contributed by atoms with Gasteiger partial charge in [-0.25, -0.2) is 0 Å². The van der Waals surface area contributed by atoms with Crippen molar-refractivity contribution in [1.29, 1.82) is 0 Å². The van der Waals surface area contributed by atoms with Crippen molar-refractivity contribution >= 4 is 23.2 Å². The fraction of sp³-hybridized carbons (Fsp3) is 0. The van der Waals surface area contributed by atoms with Gasteiger partial charge in [0.1, 0.15) is 6.20 Å². The van der Waals surface area contributed by atoms with E-state index in [1.54, 1.807) is 30.5 Å². The van der Waals surface area contributed by atoms with E-state index in [1.165, 1.54) is 4.85 Å². The first-order valence-corrected chi connectivity index (χ1v) is 4.56. The van der Waals surface area contributed by atoms with Crippen molar-refractivity contribution in [2.24, 2.45) is 0 Å². The summed E-state index contributed by atoms with van der Waals surface area (Å²) in [5, 5.41) is 4.76. The van der Waals surface area contributed by atoms with Crippen LogP contribution >= 0.6 is 23.2 Å². The average molecular weight is 228 g/mol. The lowest BCUT2D eigenvalue weighted by atomic mass is 10.3. The molecule has 0 unspecified atom stereocenters. The van der Waals surface area contributed by atoms with Crippen LogP contribution in [0.15, 0.2) is 30.5 Å². The molecule has 0 atom stereocenters. The summed E-state index contributed by atoms with van der Waals surface area (Å²) in [6.07, 6.45) is 4.22. The van der Waals surface area contributed by atoms with Gasteiger partial charge in [-0.15, -0.1) is 5.10 Å². The first-order valence-electron chi connectivity index (χ1n) is 3.81. The van der Waals surface area contributed by atoms with E-state index in [0.29, 0.717) is 15.8 Å². The molecule has 71 valence electrons. The molecule has 1 radical (unpaired) electrons. The number of nitrogens with zero attached hydrogens (tertiary/aromatic N) is 2. The van der Waals surface area contributed by atoms with Gasteiger partial charge in [0.15, 0.2) is 5.75 Å². The highest BCUT2D eigenvalue weighted by molar-refractivity contribution is 6.35. The first kappa shape index (κ1) is 9.37. The summed E-state index contributed by atoms with van der Waals surface area (Å²) in [6.45, 7) is 0. The zero-order chi connectivity index (χ0) is 9.97. The van der Waals surface area contributed by atoms with Gasteiger partial charge in [-0.05, 0) is 24.3 Å². The van der Waals surface area contributed by atoms with E-state index in [0.717, 1.165) is 0 Å². The lowest BCUT2D eigenvalue weighted by Gasteiger charge is -2.05. The molecule has 2 aromatic rings. The van der Waals surface area contributed by atoms with Gasteiger partial charge in [-0.3, -0.25) is 0 Å². The lowest BCUT2D eigenvalue weighted by Crippen LogP contribution is -2.05. The Bertz CT molecular complexity index is 428. The summed E-state index contributed by atoms with van der Waals surface area (Å²) in [7, 11) is 0. The van der Waals surface area contributed by atoms with Gasteiger partial charge in [0.2, 0.25) is 0 Å². The predicted molar refractivity (Wildman–Crippen MR) is 53.6 cm³/mol. The molecule has 0 N–H and O–H groups in total. The monoisotopic (exact) mass is 227 g/mol. The van der Waals surface area contributed by atoms with Crippen molar-refractivity contribution in [3.63, 3.8) is 0 Å². The molecule has 0 amide bonds. The van der Waals surface area contributed by atoms with Crippen LogP contribution in [0.25, 0.3) is 0 Å². The zero-order valence-electron chi connectivity index (χ0n) is 6.95. The molecular formula is C9H5Cl2N2O. The summed E-state index contributed by atoms with van der Waals surface area (Å²) < 4.78 is 0. The second kappa shape index (κ2) is 3.90. The summed E-state index contributed by atoms with van der Waals surface area (Å²) in [5.41, 5.74) is 0. The van der Waals surface area contributed by atoms with Crippen molar-refractivity contribution in [3.8, 4) is 5.75 Å². The molecule has 0 spiro atoms. The van der Waals surface area contributed by atoms with E-state index in [-0.39, 0.29) is 0 Å². The molecule has 1 aromatic carbocycles. The van der Waals surface area contributed by atoms with E-state index >= 15 is 0 Å². The van der Waals surface area contributed by atoms with Gasteiger partial charge < -0.3 is 4.84 Å². The number of benzene rings is 1. The van der Waals surface area contributed by atoms with Gasteiger partial charge in [0, 0.05) is 5.02 Å². The SMILES string of the molecule is Clc1ccc(On2cc[c]n2)c(Cl)c1. The summed E-state index contributed by atoms with van der Waals surface area (Å²) in [4.78, 5) is 6.55. The molecule has 1 aromatic heterocycles. The molecule has 0 saturated carbocycles. The number of hydrogen-bond donors (Lipinski definition) is 0. The molecule has 2 rings (SSSR count). The van der Waals surface area contributed by atoms with Crippen LogP contribution in [0.4, 0.5) is 0 Å². The maximum absolute atomic E-state index is 5.89. The third kappa shape index (κ3) is 2.00. The van der Waals surface area contributed by atoms with E-state index in [2.05, 4.69) is 11.3 Å². The van der Waals surface area contributed by atoms with Crippen molar-refractivity contribution in [2.75, 3.05) is 0 Å². The Morgan fingerprint density at radius 1 is 1.36 bits per heavy atom. The van der Waals surface area contributed by atoms with Crippen molar-refractivity contribution in [3.05, 3.63) is 46.7 Å². The van der Waals surface area contributed by atoms with E-state index in [1.807, 2.05) is 0 Å². The van der Waals surface area contributed by atoms with Crippen molar-refractivity contribution in [1.82, 2.24) is 9.94 Å². The smallest absolute Gasteiger partial charge is 0.176 e. The van der Waals surface area contributed by atoms with E-state index in [9.17, 15) is 0 Å². The standard InChI is InChI=1S/C9H5Cl2N2O/c10-7-2-3-9(8(11)6-7)14-13-5-1-4-12-13/h1-3,5-6H. The first-order chi connectivity index (χ1) is 6.75. The molecule has 0 aliphatic rings. The Kier molecular flexibility index (Phi) is 2.61. The third-order valence-corrected chi connectivity index (χ3v) is 2.05. The van der Waals surface area contributed by atoms with Crippen LogP contribution in [0.1, 0.15) is 0 Å². The second-order valence-electron chi connectivity index (χ2n) is 2.51. The second-order valence-corrected chi connectivity index (χ2v) is 3.36. The van der Waals surface area contributed by atoms with E-state index in [4.69, 9.17) is 28.0 Å². The molecule has 1 heterocycles. The minimum absolute atomic E-state index is 0.438. The van der Waals surface area contributed by atoms with Gasteiger partial charge in [-0.1, -0.05) is 28.0 Å².